The maximum Gasteiger partial charge on any atom is 0.309 e. The van der Waals surface area contributed by atoms with Gasteiger partial charge in [-0.15, -0.1) is 0 Å². The highest BCUT2D eigenvalue weighted by atomic mass is 16.6. The summed E-state index contributed by atoms with van der Waals surface area (Å²) >= 11 is 0. The first-order chi connectivity index (χ1) is 21.5. The zero-order chi connectivity index (χ0) is 30.7. The van der Waals surface area contributed by atoms with Gasteiger partial charge in [0.25, 0.3) is 0 Å². The highest BCUT2D eigenvalue weighted by Crippen LogP contribution is 2.44. The molecule has 0 aromatic carbocycles. The number of carbonyl (C=O) groups is 2. The summed E-state index contributed by atoms with van der Waals surface area (Å²) < 4.78 is 12.3. The van der Waals surface area contributed by atoms with E-state index in [1.54, 1.807) is 0 Å². The van der Waals surface area contributed by atoms with Gasteiger partial charge >= 0.3 is 11.9 Å². The molecule has 1 unspecified atom stereocenters. The summed E-state index contributed by atoms with van der Waals surface area (Å²) in [5.74, 6) is 5.69. The van der Waals surface area contributed by atoms with Gasteiger partial charge in [0.2, 0.25) is 0 Å². The summed E-state index contributed by atoms with van der Waals surface area (Å²) in [5.41, 5.74) is 0. The van der Waals surface area contributed by atoms with E-state index in [1.165, 1.54) is 122 Å². The fourth-order valence-corrected chi connectivity index (χ4v) is 10.7. The van der Waals surface area contributed by atoms with Crippen molar-refractivity contribution in [2.24, 2.45) is 53.3 Å². The van der Waals surface area contributed by atoms with Gasteiger partial charge in [0, 0.05) is 0 Å². The maximum atomic E-state index is 13.5. The van der Waals surface area contributed by atoms with Crippen LogP contribution in [-0.4, -0.2) is 24.6 Å². The lowest BCUT2D eigenvalue weighted by Crippen LogP contribution is -2.38. The highest BCUT2D eigenvalue weighted by molar-refractivity contribution is 5.73. The van der Waals surface area contributed by atoms with Crippen LogP contribution in [0.3, 0.4) is 0 Å². The molecule has 0 saturated heterocycles. The lowest BCUT2D eigenvalue weighted by Gasteiger charge is -2.38. The van der Waals surface area contributed by atoms with Crippen LogP contribution in [0, 0.1) is 53.3 Å². The van der Waals surface area contributed by atoms with E-state index in [-0.39, 0.29) is 36.5 Å². The van der Waals surface area contributed by atoms with Crippen molar-refractivity contribution in [3.05, 3.63) is 0 Å². The minimum absolute atomic E-state index is 0.00380. The van der Waals surface area contributed by atoms with Gasteiger partial charge in [-0.3, -0.25) is 9.59 Å². The number of hydrogen-bond acceptors (Lipinski definition) is 4. The number of carbonyl (C=O) groups excluding carboxylic acids is 2. The summed E-state index contributed by atoms with van der Waals surface area (Å²) in [7, 11) is 0. The molecule has 0 aliphatic heterocycles. The van der Waals surface area contributed by atoms with Crippen LogP contribution in [0.5, 0.6) is 0 Å². The molecule has 0 aromatic heterocycles. The first kappa shape index (κ1) is 34.3. The van der Waals surface area contributed by atoms with E-state index in [0.717, 1.165) is 74.0 Å². The first-order valence-electron chi connectivity index (χ1n) is 19.9. The van der Waals surface area contributed by atoms with Crippen molar-refractivity contribution in [1.29, 1.82) is 0 Å². The van der Waals surface area contributed by atoms with Crippen LogP contribution in [-0.2, 0) is 19.1 Å². The Morgan fingerprint density at radius 3 is 1.36 bits per heavy atom. The minimum atomic E-state index is -0.257. The van der Waals surface area contributed by atoms with Gasteiger partial charge < -0.3 is 9.47 Å². The fraction of sp³-hybridized carbons (Fsp3) is 0.950. The average Bonchev–Trinajstić information content (AvgIpc) is 3.08. The maximum absolute atomic E-state index is 13.5. The molecule has 0 aromatic rings. The molecule has 5 aliphatic rings. The molecule has 5 rings (SSSR count). The number of hydrogen-bond donors (Lipinski definition) is 0. The minimum Gasteiger partial charge on any atom is -0.462 e. The van der Waals surface area contributed by atoms with Crippen LogP contribution in [0.15, 0.2) is 0 Å². The number of ether oxygens (including phenoxy) is 2. The molecule has 0 amide bonds. The van der Waals surface area contributed by atoms with Gasteiger partial charge in [-0.25, -0.2) is 0 Å². The topological polar surface area (TPSA) is 52.6 Å². The van der Waals surface area contributed by atoms with E-state index in [4.69, 9.17) is 9.47 Å². The van der Waals surface area contributed by atoms with Crippen molar-refractivity contribution in [3.63, 3.8) is 0 Å². The standard InChI is InChI=1S/C40H68O4/c1-3-8-29-12-16-31(17-13-29)33-20-24-36(25-21-33)39(41)43-28-38(35-10-6-5-7-11-35)44-40(42)37-26-22-34(23-27-37)32-18-14-30(9-4-2)15-19-32/h29-38H,3-28H2,1-2H3. The molecule has 5 saturated carbocycles. The predicted octanol–water partition coefficient (Wildman–Crippen LogP) is 10.8. The van der Waals surface area contributed by atoms with Crippen molar-refractivity contribution in [2.75, 3.05) is 6.61 Å². The van der Waals surface area contributed by atoms with Crippen molar-refractivity contribution in [3.8, 4) is 0 Å². The van der Waals surface area contributed by atoms with Crippen LogP contribution in [0.2, 0.25) is 0 Å². The van der Waals surface area contributed by atoms with Crippen LogP contribution < -0.4 is 0 Å². The molecule has 4 nitrogen and oxygen atoms in total. The van der Waals surface area contributed by atoms with E-state index in [2.05, 4.69) is 13.8 Å². The Hall–Kier alpha value is -1.06. The highest BCUT2D eigenvalue weighted by Gasteiger charge is 2.37. The molecule has 4 heteroatoms. The Bertz CT molecular complexity index is 831. The zero-order valence-corrected chi connectivity index (χ0v) is 28.8. The van der Waals surface area contributed by atoms with Crippen LogP contribution in [0.4, 0.5) is 0 Å². The van der Waals surface area contributed by atoms with Crippen molar-refractivity contribution in [1.82, 2.24) is 0 Å². The second kappa shape index (κ2) is 17.7. The molecular formula is C40H68O4. The van der Waals surface area contributed by atoms with Crippen LogP contribution in [0.25, 0.3) is 0 Å². The van der Waals surface area contributed by atoms with Crippen molar-refractivity contribution < 1.29 is 19.1 Å². The molecule has 252 valence electrons. The van der Waals surface area contributed by atoms with E-state index >= 15 is 0 Å². The normalized spacial score (nSPS) is 36.3. The largest absolute Gasteiger partial charge is 0.462 e. The van der Waals surface area contributed by atoms with E-state index in [0.29, 0.717) is 5.92 Å². The Labute approximate surface area is 270 Å². The summed E-state index contributed by atoms with van der Waals surface area (Å²) in [4.78, 5) is 26.7. The monoisotopic (exact) mass is 613 g/mol. The molecule has 5 fully saturated rings. The summed E-state index contributed by atoms with van der Waals surface area (Å²) in [5, 5.41) is 0. The van der Waals surface area contributed by atoms with Crippen molar-refractivity contribution >= 4 is 11.9 Å². The Kier molecular flexibility index (Phi) is 13.8. The lowest BCUT2D eigenvalue weighted by atomic mass is 9.68. The van der Waals surface area contributed by atoms with Gasteiger partial charge in [0.15, 0.2) is 0 Å². The number of esters is 2. The molecule has 0 bridgehead atoms. The third kappa shape index (κ3) is 9.73. The van der Waals surface area contributed by atoms with E-state index < -0.39 is 0 Å². The third-order valence-corrected chi connectivity index (χ3v) is 13.6. The second-order valence-corrected chi connectivity index (χ2v) is 16.4. The molecule has 0 spiro atoms. The SMILES string of the molecule is CCCC1CCC(C2CCC(C(=O)OCC(OC(=O)C3CCC(C4CCC(CCC)CC4)CC3)C3CCCCC3)CC2)CC1. The van der Waals surface area contributed by atoms with Crippen LogP contribution >= 0.6 is 0 Å². The predicted molar refractivity (Wildman–Crippen MR) is 179 cm³/mol. The molecule has 0 radical (unpaired) electrons. The molecule has 0 N–H and O–H groups in total. The van der Waals surface area contributed by atoms with Gasteiger partial charge in [0.05, 0.1) is 11.8 Å². The second-order valence-electron chi connectivity index (χ2n) is 16.4. The van der Waals surface area contributed by atoms with E-state index in [9.17, 15) is 9.59 Å². The van der Waals surface area contributed by atoms with Gasteiger partial charge in [0.1, 0.15) is 12.7 Å². The summed E-state index contributed by atoms with van der Waals surface area (Å²) in [6.07, 6.45) is 31.0. The van der Waals surface area contributed by atoms with Crippen molar-refractivity contribution in [2.45, 2.75) is 180 Å². The molecular weight excluding hydrogens is 544 g/mol. The Morgan fingerprint density at radius 1 is 0.523 bits per heavy atom. The lowest BCUT2D eigenvalue weighted by molar-refractivity contribution is -0.170. The summed E-state index contributed by atoms with van der Waals surface area (Å²) in [6.45, 7) is 4.91. The van der Waals surface area contributed by atoms with Gasteiger partial charge in [-0.05, 0) is 131 Å². The molecule has 5 aliphatic carbocycles. The number of rotatable bonds is 12. The van der Waals surface area contributed by atoms with Gasteiger partial charge in [-0.2, -0.15) is 0 Å². The summed E-state index contributed by atoms with van der Waals surface area (Å²) in [6, 6.07) is 0. The Balaban J connectivity index is 1.04. The molecule has 0 heterocycles. The Morgan fingerprint density at radius 2 is 0.932 bits per heavy atom. The average molecular weight is 613 g/mol. The molecule has 1 atom stereocenters. The first-order valence-corrected chi connectivity index (χ1v) is 19.9. The van der Waals surface area contributed by atoms with Crippen LogP contribution in [0.1, 0.15) is 174 Å². The molecule has 44 heavy (non-hydrogen) atoms. The van der Waals surface area contributed by atoms with E-state index in [1.807, 2.05) is 0 Å². The third-order valence-electron chi connectivity index (χ3n) is 13.6. The fourth-order valence-electron chi connectivity index (χ4n) is 10.7. The zero-order valence-electron chi connectivity index (χ0n) is 28.8. The quantitative estimate of drug-likeness (QED) is 0.206. The smallest absolute Gasteiger partial charge is 0.309 e. The van der Waals surface area contributed by atoms with Gasteiger partial charge in [-0.1, -0.05) is 84.5 Å².